The molecule has 2 aliphatic rings. The van der Waals surface area contributed by atoms with Crippen LogP contribution in [0.4, 0.5) is 4.39 Å². The van der Waals surface area contributed by atoms with Crippen LogP contribution in [-0.2, 0) is 11.2 Å². The van der Waals surface area contributed by atoms with Crippen LogP contribution in [0.2, 0.25) is 0 Å². The number of hydrogen-bond donors (Lipinski definition) is 0. The molecule has 2 atom stereocenters. The van der Waals surface area contributed by atoms with E-state index in [9.17, 15) is 9.18 Å². The van der Waals surface area contributed by atoms with Crippen molar-refractivity contribution in [1.82, 2.24) is 5.01 Å². The molecule has 0 bridgehead atoms. The number of carbonyl (C=O) groups is 1. The first-order valence-corrected chi connectivity index (χ1v) is 9.47. The number of aryl methyl sites for hydroxylation is 1. The van der Waals surface area contributed by atoms with Gasteiger partial charge in [-0.05, 0) is 62.1 Å². The molecular formula is C23H23FN2O2. The van der Waals surface area contributed by atoms with Crippen LogP contribution >= 0.6 is 0 Å². The molecule has 0 spiro atoms. The number of ether oxygens (including phenoxy) is 1. The molecule has 1 aliphatic heterocycles. The predicted molar refractivity (Wildman–Crippen MR) is 107 cm³/mol. The Morgan fingerprint density at radius 2 is 1.96 bits per heavy atom. The molecule has 0 saturated carbocycles. The van der Waals surface area contributed by atoms with Gasteiger partial charge in [-0.2, -0.15) is 5.10 Å². The van der Waals surface area contributed by atoms with Crippen LogP contribution in [0.1, 0.15) is 43.0 Å². The number of halogens is 1. The van der Waals surface area contributed by atoms with E-state index in [1.165, 1.54) is 24.6 Å². The number of hydrogen-bond acceptors (Lipinski definition) is 4. The summed E-state index contributed by atoms with van der Waals surface area (Å²) in [7, 11) is 1.66. The Labute approximate surface area is 164 Å². The molecule has 28 heavy (non-hydrogen) atoms. The Morgan fingerprint density at radius 3 is 2.64 bits per heavy atom. The van der Waals surface area contributed by atoms with Crippen LogP contribution in [-0.4, -0.2) is 23.6 Å². The predicted octanol–water partition coefficient (Wildman–Crippen LogP) is 4.65. The molecule has 0 radical (unpaired) electrons. The molecule has 0 fully saturated rings. The molecular weight excluding hydrogens is 355 g/mol. The van der Waals surface area contributed by atoms with Crippen molar-refractivity contribution in [2.75, 3.05) is 7.11 Å². The van der Waals surface area contributed by atoms with E-state index < -0.39 is 0 Å². The lowest BCUT2D eigenvalue weighted by Gasteiger charge is -2.31. The van der Waals surface area contributed by atoms with Crippen LogP contribution in [0.15, 0.2) is 59.3 Å². The summed E-state index contributed by atoms with van der Waals surface area (Å²) >= 11 is 0. The molecule has 0 saturated heterocycles. The molecule has 1 heterocycles. The van der Waals surface area contributed by atoms with Crippen molar-refractivity contribution in [1.29, 1.82) is 0 Å². The molecule has 144 valence electrons. The first-order valence-electron chi connectivity index (χ1n) is 9.47. The topological polar surface area (TPSA) is 41.9 Å². The molecule has 0 aromatic heterocycles. The molecule has 5 heteroatoms. The van der Waals surface area contributed by atoms with E-state index in [0.29, 0.717) is 0 Å². The van der Waals surface area contributed by atoms with Crippen molar-refractivity contribution in [3.05, 3.63) is 76.7 Å². The fourth-order valence-corrected chi connectivity index (χ4v) is 4.26. The third-order valence-electron chi connectivity index (χ3n) is 5.51. The summed E-state index contributed by atoms with van der Waals surface area (Å²) in [5, 5.41) is 6.86. The van der Waals surface area contributed by atoms with Gasteiger partial charge in [0.2, 0.25) is 0 Å². The second-order valence-corrected chi connectivity index (χ2v) is 7.39. The number of fused-ring (bicyclic) bond motifs is 3. The van der Waals surface area contributed by atoms with Crippen molar-refractivity contribution < 1.29 is 13.9 Å². The Bertz CT molecular complexity index is 979. The van der Waals surface area contributed by atoms with E-state index in [1.54, 1.807) is 13.2 Å². The third kappa shape index (κ3) is 3.21. The number of allylic oxidation sites excluding steroid dienone is 2. The quantitative estimate of drug-likeness (QED) is 0.727. The first-order chi connectivity index (χ1) is 13.5. The summed E-state index contributed by atoms with van der Waals surface area (Å²) in [5.41, 5.74) is 5.14. The maximum atomic E-state index is 13.5. The van der Waals surface area contributed by atoms with Gasteiger partial charge in [-0.15, -0.1) is 0 Å². The lowest BCUT2D eigenvalue weighted by atomic mass is 9.77. The largest absolute Gasteiger partial charge is 0.497 e. The lowest BCUT2D eigenvalue weighted by Crippen LogP contribution is -2.28. The summed E-state index contributed by atoms with van der Waals surface area (Å²) in [6.45, 7) is 3.43. The summed E-state index contributed by atoms with van der Waals surface area (Å²) in [4.78, 5) is 11.7. The Hall–Kier alpha value is -2.95. The van der Waals surface area contributed by atoms with Crippen LogP contribution in [0, 0.1) is 11.7 Å². The van der Waals surface area contributed by atoms with Gasteiger partial charge in [0.1, 0.15) is 11.6 Å². The fourth-order valence-electron chi connectivity index (χ4n) is 4.26. The zero-order chi connectivity index (χ0) is 19.8. The molecule has 0 N–H and O–H groups in total. The van der Waals surface area contributed by atoms with Crippen LogP contribution < -0.4 is 4.74 Å². The minimum atomic E-state index is -0.260. The summed E-state index contributed by atoms with van der Waals surface area (Å²) < 4.78 is 18.9. The van der Waals surface area contributed by atoms with Gasteiger partial charge in [-0.1, -0.05) is 18.2 Å². The van der Waals surface area contributed by atoms with Gasteiger partial charge >= 0.3 is 0 Å². The monoisotopic (exact) mass is 378 g/mol. The second kappa shape index (κ2) is 7.23. The number of ketones is 1. The SMILES string of the molecule is COc1ccc2c(c1)C1=NN(/C(C)=C/C(C)=O)C(c3ccc(F)cc3)C1CC2. The highest BCUT2D eigenvalue weighted by molar-refractivity contribution is 6.06. The van der Waals surface area contributed by atoms with Crippen molar-refractivity contribution >= 4 is 11.5 Å². The van der Waals surface area contributed by atoms with Crippen molar-refractivity contribution in [2.24, 2.45) is 11.0 Å². The van der Waals surface area contributed by atoms with Crippen molar-refractivity contribution in [3.8, 4) is 5.75 Å². The number of methoxy groups -OCH3 is 1. The average Bonchev–Trinajstić information content (AvgIpc) is 3.08. The van der Waals surface area contributed by atoms with Crippen molar-refractivity contribution in [3.63, 3.8) is 0 Å². The Balaban J connectivity index is 1.83. The summed E-state index contributed by atoms with van der Waals surface area (Å²) in [6, 6.07) is 12.6. The number of nitrogens with zero attached hydrogens (tertiary/aromatic N) is 2. The van der Waals surface area contributed by atoms with Gasteiger partial charge in [-0.3, -0.25) is 9.80 Å². The van der Waals surface area contributed by atoms with E-state index in [4.69, 9.17) is 9.84 Å². The number of benzene rings is 2. The highest BCUT2D eigenvalue weighted by atomic mass is 19.1. The van der Waals surface area contributed by atoms with Crippen molar-refractivity contribution in [2.45, 2.75) is 32.7 Å². The van der Waals surface area contributed by atoms with E-state index in [0.717, 1.165) is 41.1 Å². The molecule has 0 amide bonds. The van der Waals surface area contributed by atoms with Gasteiger partial charge in [0.25, 0.3) is 0 Å². The van der Waals surface area contributed by atoms with E-state index in [2.05, 4.69) is 6.07 Å². The highest BCUT2D eigenvalue weighted by Gasteiger charge is 2.42. The Morgan fingerprint density at radius 1 is 1.21 bits per heavy atom. The average molecular weight is 378 g/mol. The van der Waals surface area contributed by atoms with Crippen LogP contribution in [0.5, 0.6) is 5.75 Å². The number of rotatable bonds is 4. The second-order valence-electron chi connectivity index (χ2n) is 7.39. The molecule has 2 aromatic rings. The van der Waals surface area contributed by atoms with Gasteiger partial charge in [-0.25, -0.2) is 4.39 Å². The normalized spacial score (nSPS) is 21.1. The number of hydrazone groups is 1. The zero-order valence-electron chi connectivity index (χ0n) is 16.3. The molecule has 2 unspecified atom stereocenters. The third-order valence-corrected chi connectivity index (χ3v) is 5.51. The zero-order valence-corrected chi connectivity index (χ0v) is 16.3. The summed E-state index contributed by atoms with van der Waals surface area (Å²) in [5.74, 6) is 0.687. The fraction of sp³-hybridized carbons (Fsp3) is 0.304. The number of carbonyl (C=O) groups excluding carboxylic acids is 1. The minimum absolute atomic E-state index is 0.0208. The Kier molecular flexibility index (Phi) is 4.75. The molecule has 4 rings (SSSR count). The van der Waals surface area contributed by atoms with Gasteiger partial charge in [0.15, 0.2) is 5.78 Å². The highest BCUT2D eigenvalue weighted by Crippen LogP contribution is 2.45. The minimum Gasteiger partial charge on any atom is -0.497 e. The molecule has 2 aromatic carbocycles. The van der Waals surface area contributed by atoms with Gasteiger partial charge in [0, 0.05) is 23.3 Å². The molecule has 4 nitrogen and oxygen atoms in total. The van der Waals surface area contributed by atoms with E-state index in [-0.39, 0.29) is 23.6 Å². The van der Waals surface area contributed by atoms with Gasteiger partial charge < -0.3 is 4.74 Å². The lowest BCUT2D eigenvalue weighted by molar-refractivity contribution is -0.112. The van der Waals surface area contributed by atoms with Crippen LogP contribution in [0.3, 0.4) is 0 Å². The maximum absolute atomic E-state index is 13.5. The van der Waals surface area contributed by atoms with Gasteiger partial charge in [0.05, 0.1) is 18.9 Å². The standard InChI is InChI=1S/C23H23FN2O2/c1-14(12-15(2)27)26-23(17-4-8-18(24)9-5-17)20-11-7-16-6-10-19(28-3)13-21(16)22(20)25-26/h4-6,8-10,12-13,20,23H,7,11H2,1-3H3/b14-12+. The van der Waals surface area contributed by atoms with E-state index in [1.807, 2.05) is 36.2 Å². The molecule has 1 aliphatic carbocycles. The van der Waals surface area contributed by atoms with E-state index >= 15 is 0 Å². The first kappa shape index (κ1) is 18.4. The smallest absolute Gasteiger partial charge is 0.154 e. The van der Waals surface area contributed by atoms with Crippen LogP contribution in [0.25, 0.3) is 0 Å². The summed E-state index contributed by atoms with van der Waals surface area (Å²) in [6.07, 6.45) is 3.50. The maximum Gasteiger partial charge on any atom is 0.154 e.